The monoisotopic (exact) mass is 83.0 g/mol. The average Bonchev–Trinajstić information content (AvgIpc) is 2.26. The van der Waals surface area contributed by atoms with Gasteiger partial charge in [-0.15, -0.1) is 0 Å². The molecule has 1 aliphatic heterocycles. The Labute approximate surface area is 37.3 Å². The maximum Gasteiger partial charge on any atom is 0.113 e. The van der Waals surface area contributed by atoms with Crippen LogP contribution < -0.4 is 0 Å². The summed E-state index contributed by atoms with van der Waals surface area (Å²) in [5.74, 6) is 0.935. The third-order valence-electron chi connectivity index (χ3n) is 1.38. The molecule has 0 aromatic heterocycles. The molecule has 1 atom stereocenters. The molecular weight excluding hydrogens is 76.1 g/mol. The zero-order chi connectivity index (χ0) is 3.98. The Hall–Kier alpha value is -0.0400. The molecule has 6 heavy (non-hydrogen) atoms. The second-order valence-electron chi connectivity index (χ2n) is 2.07. The maximum absolute atomic E-state index is 4.91. The standard InChI is InChI=1S/C5H7O/c1-2-4(1)5-3-6-5/h3-5H,1-2H2. The van der Waals surface area contributed by atoms with Crippen molar-refractivity contribution in [2.75, 3.05) is 0 Å². The minimum absolute atomic E-state index is 0.588. The summed E-state index contributed by atoms with van der Waals surface area (Å²) in [6.07, 6.45) is 3.40. The first-order chi connectivity index (χ1) is 2.97. The SMILES string of the molecule is [CH]1OC1C1CC1. The molecule has 2 aliphatic rings. The third-order valence-corrected chi connectivity index (χ3v) is 1.38. The van der Waals surface area contributed by atoms with Gasteiger partial charge in [0.1, 0.15) is 6.61 Å². The first-order valence-corrected chi connectivity index (χ1v) is 2.45. The first-order valence-electron chi connectivity index (χ1n) is 2.45. The Balaban J connectivity index is 1.92. The molecule has 2 rings (SSSR count). The van der Waals surface area contributed by atoms with Crippen molar-refractivity contribution < 1.29 is 4.74 Å². The molecule has 1 aliphatic carbocycles. The van der Waals surface area contributed by atoms with Gasteiger partial charge in [0.05, 0.1) is 6.10 Å². The van der Waals surface area contributed by atoms with Crippen molar-refractivity contribution in [1.82, 2.24) is 0 Å². The lowest BCUT2D eigenvalue weighted by molar-refractivity contribution is 0.400. The zero-order valence-electron chi connectivity index (χ0n) is 3.55. The second kappa shape index (κ2) is 0.784. The molecule has 1 nitrogen and oxygen atoms in total. The molecule has 1 heterocycles. The molecule has 1 unspecified atom stereocenters. The van der Waals surface area contributed by atoms with E-state index in [-0.39, 0.29) is 0 Å². The van der Waals surface area contributed by atoms with Gasteiger partial charge in [-0.1, -0.05) is 0 Å². The lowest BCUT2D eigenvalue weighted by Gasteiger charge is -1.73. The fourth-order valence-corrected chi connectivity index (χ4v) is 0.692. The van der Waals surface area contributed by atoms with E-state index in [9.17, 15) is 0 Å². The fourth-order valence-electron chi connectivity index (χ4n) is 0.692. The van der Waals surface area contributed by atoms with Crippen LogP contribution in [0.15, 0.2) is 0 Å². The predicted octanol–water partition coefficient (Wildman–Crippen LogP) is 0.957. The highest BCUT2D eigenvalue weighted by Crippen LogP contribution is 2.42. The van der Waals surface area contributed by atoms with E-state index >= 15 is 0 Å². The number of epoxide rings is 1. The van der Waals surface area contributed by atoms with Crippen molar-refractivity contribution in [1.29, 1.82) is 0 Å². The molecule has 1 saturated heterocycles. The highest BCUT2D eigenvalue weighted by Gasteiger charge is 2.40. The minimum atomic E-state index is 0.588. The van der Waals surface area contributed by atoms with Gasteiger partial charge >= 0.3 is 0 Å². The van der Waals surface area contributed by atoms with Crippen molar-refractivity contribution in [3.63, 3.8) is 0 Å². The summed E-state index contributed by atoms with van der Waals surface area (Å²) in [6, 6.07) is 0. The largest absolute Gasteiger partial charge is 0.366 e. The summed E-state index contributed by atoms with van der Waals surface area (Å²) >= 11 is 0. The van der Waals surface area contributed by atoms with Gasteiger partial charge in [0.15, 0.2) is 0 Å². The van der Waals surface area contributed by atoms with Gasteiger partial charge in [0.25, 0.3) is 0 Å². The fraction of sp³-hybridized carbons (Fsp3) is 0.800. The number of hydrogen-bond acceptors (Lipinski definition) is 1. The molecule has 2 fully saturated rings. The van der Waals surface area contributed by atoms with Crippen molar-refractivity contribution in [2.45, 2.75) is 18.9 Å². The molecule has 0 amide bonds. The van der Waals surface area contributed by atoms with Crippen LogP contribution in [0.3, 0.4) is 0 Å². The van der Waals surface area contributed by atoms with E-state index < -0.39 is 0 Å². The molecule has 1 saturated carbocycles. The van der Waals surface area contributed by atoms with Gasteiger partial charge in [0, 0.05) is 0 Å². The van der Waals surface area contributed by atoms with Gasteiger partial charge in [-0.05, 0) is 18.8 Å². The van der Waals surface area contributed by atoms with Crippen molar-refractivity contribution in [2.24, 2.45) is 5.92 Å². The molecule has 0 bridgehead atoms. The van der Waals surface area contributed by atoms with Crippen LogP contribution in [0.25, 0.3) is 0 Å². The molecule has 0 N–H and O–H groups in total. The van der Waals surface area contributed by atoms with Crippen LogP contribution in [0.4, 0.5) is 0 Å². The van der Waals surface area contributed by atoms with Crippen LogP contribution in [-0.2, 0) is 4.74 Å². The van der Waals surface area contributed by atoms with Crippen molar-refractivity contribution in [3.8, 4) is 0 Å². The Bertz CT molecular complexity index is 52.3. The summed E-state index contributed by atoms with van der Waals surface area (Å²) in [5.41, 5.74) is 0. The molecular formula is C5H7O. The highest BCUT2D eigenvalue weighted by molar-refractivity contribution is 4.96. The molecule has 0 aromatic carbocycles. The lowest BCUT2D eigenvalue weighted by Crippen LogP contribution is -1.80. The van der Waals surface area contributed by atoms with Gasteiger partial charge in [0.2, 0.25) is 0 Å². The highest BCUT2D eigenvalue weighted by atomic mass is 16.6. The number of rotatable bonds is 1. The summed E-state index contributed by atoms with van der Waals surface area (Å²) in [5, 5.41) is 0. The van der Waals surface area contributed by atoms with Crippen LogP contribution in [0.2, 0.25) is 0 Å². The number of ether oxygens (including phenoxy) is 1. The third kappa shape index (κ3) is 0.350. The predicted molar refractivity (Wildman–Crippen MR) is 21.9 cm³/mol. The van der Waals surface area contributed by atoms with Crippen LogP contribution in [0.1, 0.15) is 12.8 Å². The van der Waals surface area contributed by atoms with E-state index in [4.69, 9.17) is 4.74 Å². The summed E-state index contributed by atoms with van der Waals surface area (Å²) in [6.45, 7) is 1.93. The van der Waals surface area contributed by atoms with Crippen LogP contribution in [0, 0.1) is 12.5 Å². The van der Waals surface area contributed by atoms with Crippen LogP contribution >= 0.6 is 0 Å². The zero-order valence-corrected chi connectivity index (χ0v) is 3.55. The Kier molecular flexibility index (Phi) is 0.396. The molecule has 0 aromatic rings. The lowest BCUT2D eigenvalue weighted by atomic mass is 10.3. The van der Waals surface area contributed by atoms with Gasteiger partial charge < -0.3 is 4.74 Å². The Morgan fingerprint density at radius 3 is 2.33 bits per heavy atom. The summed E-state index contributed by atoms with van der Waals surface area (Å²) in [7, 11) is 0. The van der Waals surface area contributed by atoms with Crippen molar-refractivity contribution >= 4 is 0 Å². The topological polar surface area (TPSA) is 12.5 Å². The molecule has 1 radical (unpaired) electrons. The van der Waals surface area contributed by atoms with E-state index in [0.717, 1.165) is 5.92 Å². The normalized spacial score (nSPS) is 43.0. The minimum Gasteiger partial charge on any atom is -0.366 e. The van der Waals surface area contributed by atoms with Gasteiger partial charge in [-0.2, -0.15) is 0 Å². The maximum atomic E-state index is 4.91. The average molecular weight is 83.1 g/mol. The van der Waals surface area contributed by atoms with Crippen molar-refractivity contribution in [3.05, 3.63) is 6.61 Å². The van der Waals surface area contributed by atoms with Gasteiger partial charge in [-0.25, -0.2) is 0 Å². The quantitative estimate of drug-likeness (QED) is 0.430. The summed E-state index contributed by atoms with van der Waals surface area (Å²) < 4.78 is 4.91. The molecule has 33 valence electrons. The molecule has 1 heteroatoms. The smallest absolute Gasteiger partial charge is 0.113 e. The van der Waals surface area contributed by atoms with E-state index in [1.807, 2.05) is 6.61 Å². The van der Waals surface area contributed by atoms with Crippen LogP contribution in [-0.4, -0.2) is 6.10 Å². The first kappa shape index (κ1) is 3.03. The van der Waals surface area contributed by atoms with E-state index in [0.29, 0.717) is 6.10 Å². The van der Waals surface area contributed by atoms with Crippen LogP contribution in [0.5, 0.6) is 0 Å². The Morgan fingerprint density at radius 1 is 1.50 bits per heavy atom. The van der Waals surface area contributed by atoms with E-state index in [1.165, 1.54) is 12.8 Å². The van der Waals surface area contributed by atoms with Gasteiger partial charge in [-0.3, -0.25) is 0 Å². The summed E-state index contributed by atoms with van der Waals surface area (Å²) in [4.78, 5) is 0. The molecule has 0 spiro atoms. The second-order valence-corrected chi connectivity index (χ2v) is 2.07. The van der Waals surface area contributed by atoms with E-state index in [2.05, 4.69) is 0 Å². The van der Waals surface area contributed by atoms with E-state index in [1.54, 1.807) is 0 Å². The number of hydrogen-bond donors (Lipinski definition) is 0. The Morgan fingerprint density at radius 2 is 2.17 bits per heavy atom.